The van der Waals surface area contributed by atoms with Crippen LogP contribution in [0.2, 0.25) is 0 Å². The van der Waals surface area contributed by atoms with Gasteiger partial charge in [-0.15, -0.1) is 0 Å². The molecule has 1 saturated heterocycles. The summed E-state index contributed by atoms with van der Waals surface area (Å²) in [6.07, 6.45) is 1.75. The number of pyridine rings is 1. The van der Waals surface area contributed by atoms with Crippen LogP contribution < -0.4 is 5.32 Å². The van der Waals surface area contributed by atoms with Crippen LogP contribution in [-0.2, 0) is 4.74 Å². The number of methoxy groups -OCH3 is 1. The predicted molar refractivity (Wildman–Crippen MR) is 115 cm³/mol. The minimum atomic E-state index is -0.977. The third-order valence-corrected chi connectivity index (χ3v) is 5.40. The molecule has 0 spiro atoms. The van der Waals surface area contributed by atoms with Crippen molar-refractivity contribution in [3.8, 4) is 11.3 Å². The average Bonchev–Trinajstić information content (AvgIpc) is 3.37. The van der Waals surface area contributed by atoms with Crippen LogP contribution in [0.25, 0.3) is 11.3 Å². The summed E-state index contributed by atoms with van der Waals surface area (Å²) in [6.45, 7) is 1.11. The van der Waals surface area contributed by atoms with Gasteiger partial charge in [0.1, 0.15) is 17.6 Å². The number of carboxylic acid groups (broad SMARTS) is 1. The zero-order chi connectivity index (χ0) is 21.1. The van der Waals surface area contributed by atoms with E-state index < -0.39 is 5.97 Å². The van der Waals surface area contributed by atoms with E-state index in [9.17, 15) is 9.90 Å². The van der Waals surface area contributed by atoms with Gasteiger partial charge in [-0.05, 0) is 48.6 Å². The lowest BCUT2D eigenvalue weighted by Gasteiger charge is -2.25. The van der Waals surface area contributed by atoms with Crippen LogP contribution in [0.5, 0.6) is 0 Å². The van der Waals surface area contributed by atoms with E-state index in [1.54, 1.807) is 31.5 Å². The Balaban J connectivity index is 1.71. The number of furan rings is 1. The van der Waals surface area contributed by atoms with Crippen molar-refractivity contribution in [2.45, 2.75) is 12.1 Å². The summed E-state index contributed by atoms with van der Waals surface area (Å²) in [7, 11) is 1.65. The molecular weight excluding hydrogens is 402 g/mol. The molecule has 2 N–H and O–H groups in total. The Morgan fingerprint density at radius 1 is 1.27 bits per heavy atom. The summed E-state index contributed by atoms with van der Waals surface area (Å²) < 4.78 is 11.5. The van der Waals surface area contributed by atoms with Crippen molar-refractivity contribution >= 4 is 23.3 Å². The van der Waals surface area contributed by atoms with E-state index >= 15 is 0 Å². The van der Waals surface area contributed by atoms with Gasteiger partial charge in [-0.1, -0.05) is 18.2 Å². The largest absolute Gasteiger partial charge is 0.478 e. The van der Waals surface area contributed by atoms with Crippen molar-refractivity contribution in [1.82, 2.24) is 15.2 Å². The highest BCUT2D eigenvalue weighted by Crippen LogP contribution is 2.40. The van der Waals surface area contributed by atoms with Gasteiger partial charge in [0.25, 0.3) is 0 Å². The van der Waals surface area contributed by atoms with Gasteiger partial charge in [-0.25, -0.2) is 4.79 Å². The predicted octanol–water partition coefficient (Wildman–Crippen LogP) is 3.66. The molecule has 0 amide bonds. The monoisotopic (exact) mass is 423 g/mol. The van der Waals surface area contributed by atoms with Crippen molar-refractivity contribution in [2.24, 2.45) is 0 Å². The van der Waals surface area contributed by atoms with Gasteiger partial charge in [0.2, 0.25) is 0 Å². The molecule has 0 unspecified atom stereocenters. The highest BCUT2D eigenvalue weighted by atomic mass is 32.1. The van der Waals surface area contributed by atoms with Crippen molar-refractivity contribution in [3.05, 3.63) is 77.8 Å². The number of nitrogens with one attached hydrogen (secondary N) is 1. The number of nitrogens with zero attached hydrogens (tertiary/aromatic N) is 2. The first-order chi connectivity index (χ1) is 14.6. The number of ether oxygens (including phenoxy) is 1. The molecule has 4 rings (SSSR count). The lowest BCUT2D eigenvalue weighted by Crippen LogP contribution is -2.32. The highest BCUT2D eigenvalue weighted by Gasteiger charge is 2.41. The SMILES string of the molecule is COCCN1C(=S)N[C@H](c2ccccn2)[C@H]1c1ccc(-c2cccc(C(=O)O)c2)o1. The van der Waals surface area contributed by atoms with E-state index in [0.29, 0.717) is 35.3 Å². The molecule has 3 aromatic rings. The summed E-state index contributed by atoms with van der Waals surface area (Å²) in [4.78, 5) is 17.8. The minimum absolute atomic E-state index is 0.181. The Labute approximate surface area is 179 Å². The topological polar surface area (TPSA) is 87.8 Å². The molecule has 3 heterocycles. The number of hydrogen-bond donors (Lipinski definition) is 2. The summed E-state index contributed by atoms with van der Waals surface area (Å²) in [5.41, 5.74) is 1.77. The molecular formula is C22H21N3O4S. The standard InChI is InChI=1S/C22H21N3O4S/c1-28-12-11-25-20(19(24-22(25)30)16-7-2-3-10-23-16)18-9-8-17(29-18)14-5-4-6-15(13-14)21(26)27/h2-10,13,19-20H,11-12H2,1H3,(H,24,30)(H,26,27)/t19-,20-/m1/s1. The molecule has 0 radical (unpaired) electrons. The quantitative estimate of drug-likeness (QED) is 0.557. The number of aromatic nitrogens is 1. The van der Waals surface area contributed by atoms with Crippen LogP contribution in [0, 0.1) is 0 Å². The van der Waals surface area contributed by atoms with E-state index in [-0.39, 0.29) is 17.6 Å². The Morgan fingerprint density at radius 2 is 2.13 bits per heavy atom. The van der Waals surface area contributed by atoms with E-state index in [1.165, 1.54) is 0 Å². The average molecular weight is 423 g/mol. The Bertz CT molecular complexity index is 1050. The number of benzene rings is 1. The molecule has 0 bridgehead atoms. The van der Waals surface area contributed by atoms with Crippen LogP contribution in [0.1, 0.15) is 33.9 Å². The normalized spacial score (nSPS) is 18.4. The fraction of sp³-hybridized carbons (Fsp3) is 0.227. The van der Waals surface area contributed by atoms with Crippen LogP contribution in [0.3, 0.4) is 0 Å². The summed E-state index contributed by atoms with van der Waals surface area (Å²) in [5.74, 6) is 0.331. The fourth-order valence-corrected chi connectivity index (χ4v) is 3.95. The first kappa shape index (κ1) is 20.1. The van der Waals surface area contributed by atoms with Crippen molar-refractivity contribution in [3.63, 3.8) is 0 Å². The smallest absolute Gasteiger partial charge is 0.335 e. The number of aromatic carboxylic acids is 1. The van der Waals surface area contributed by atoms with E-state index in [4.69, 9.17) is 21.4 Å². The lowest BCUT2D eigenvalue weighted by atomic mass is 10.0. The number of rotatable bonds is 7. The second kappa shape index (κ2) is 8.64. The molecule has 1 fully saturated rings. The number of carboxylic acids is 1. The third-order valence-electron chi connectivity index (χ3n) is 5.05. The molecule has 2 atom stereocenters. The van der Waals surface area contributed by atoms with Crippen molar-refractivity contribution in [1.29, 1.82) is 0 Å². The van der Waals surface area contributed by atoms with Crippen LogP contribution >= 0.6 is 12.2 Å². The van der Waals surface area contributed by atoms with Crippen molar-refractivity contribution in [2.75, 3.05) is 20.3 Å². The molecule has 1 aliphatic heterocycles. The Kier molecular flexibility index (Phi) is 5.78. The first-order valence-corrected chi connectivity index (χ1v) is 9.90. The molecule has 1 aromatic carbocycles. The van der Waals surface area contributed by atoms with Gasteiger partial charge in [0.05, 0.1) is 23.9 Å². The van der Waals surface area contributed by atoms with Gasteiger partial charge in [-0.3, -0.25) is 4.98 Å². The molecule has 154 valence electrons. The molecule has 2 aromatic heterocycles. The number of thiocarbonyl (C=S) groups is 1. The second-order valence-electron chi connectivity index (χ2n) is 6.90. The summed E-state index contributed by atoms with van der Waals surface area (Å²) in [6, 6.07) is 15.8. The van der Waals surface area contributed by atoms with Gasteiger partial charge in [0.15, 0.2) is 5.11 Å². The second-order valence-corrected chi connectivity index (χ2v) is 7.29. The molecule has 30 heavy (non-hydrogen) atoms. The lowest BCUT2D eigenvalue weighted by molar-refractivity contribution is 0.0697. The van der Waals surface area contributed by atoms with Gasteiger partial charge >= 0.3 is 5.97 Å². The maximum absolute atomic E-state index is 11.3. The molecule has 0 saturated carbocycles. The maximum atomic E-state index is 11.3. The molecule has 1 aliphatic rings. The molecule has 0 aliphatic carbocycles. The highest BCUT2D eigenvalue weighted by molar-refractivity contribution is 7.80. The van der Waals surface area contributed by atoms with Gasteiger partial charge in [0, 0.05) is 25.4 Å². The third kappa shape index (κ3) is 3.92. The first-order valence-electron chi connectivity index (χ1n) is 9.49. The van der Waals surface area contributed by atoms with E-state index in [0.717, 1.165) is 5.69 Å². The van der Waals surface area contributed by atoms with Crippen LogP contribution in [0.15, 0.2) is 65.2 Å². The zero-order valence-electron chi connectivity index (χ0n) is 16.3. The minimum Gasteiger partial charge on any atom is -0.478 e. The van der Waals surface area contributed by atoms with E-state index in [1.807, 2.05) is 41.3 Å². The molecule has 8 heteroatoms. The Morgan fingerprint density at radius 3 is 2.87 bits per heavy atom. The number of hydrogen-bond acceptors (Lipinski definition) is 5. The van der Waals surface area contributed by atoms with Crippen LogP contribution in [-0.4, -0.2) is 46.3 Å². The van der Waals surface area contributed by atoms with Crippen LogP contribution in [0.4, 0.5) is 0 Å². The Hall–Kier alpha value is -3.23. The van der Waals surface area contributed by atoms with E-state index in [2.05, 4.69) is 10.3 Å². The zero-order valence-corrected chi connectivity index (χ0v) is 17.1. The molecule has 7 nitrogen and oxygen atoms in total. The number of carbonyl (C=O) groups is 1. The fourth-order valence-electron chi connectivity index (χ4n) is 3.62. The maximum Gasteiger partial charge on any atom is 0.335 e. The van der Waals surface area contributed by atoms with Crippen molar-refractivity contribution < 1.29 is 19.1 Å². The summed E-state index contributed by atoms with van der Waals surface area (Å²) >= 11 is 5.58. The summed E-state index contributed by atoms with van der Waals surface area (Å²) in [5, 5.41) is 13.2. The van der Waals surface area contributed by atoms with Gasteiger partial charge in [-0.2, -0.15) is 0 Å². The van der Waals surface area contributed by atoms with Gasteiger partial charge < -0.3 is 24.5 Å².